The smallest absolute Gasteiger partial charge is 0.565 e. The van der Waals surface area contributed by atoms with Gasteiger partial charge in [-0.1, -0.05) is 76.2 Å². The summed E-state index contributed by atoms with van der Waals surface area (Å²) in [7, 11) is 0. The molecule has 322 valence electrons. The Bertz CT molecular complexity index is 1720. The molecule has 1 heterocycles. The maximum absolute atomic E-state index is 10.1. The number of aliphatic hydroxyl groups excluding tert-OH is 5. The molecule has 4 aromatic rings. The first-order chi connectivity index (χ1) is 27.8. The van der Waals surface area contributed by atoms with Gasteiger partial charge in [0.2, 0.25) is 6.16 Å². The van der Waals surface area contributed by atoms with E-state index in [4.69, 9.17) is 49.4 Å². The van der Waals surface area contributed by atoms with Crippen LogP contribution < -0.4 is 117 Å². The minimum atomic E-state index is -2.08. The van der Waals surface area contributed by atoms with Gasteiger partial charge in [-0.3, -0.25) is 0 Å². The molecule has 4 aromatic carbocycles. The number of aliphatic hydroxyl groups is 5. The van der Waals surface area contributed by atoms with Crippen molar-refractivity contribution in [3.8, 4) is 23.0 Å². The molecule has 0 amide bonds. The van der Waals surface area contributed by atoms with E-state index in [0.29, 0.717) is 11.5 Å². The van der Waals surface area contributed by atoms with Gasteiger partial charge >= 0.3 is 115 Å². The van der Waals surface area contributed by atoms with Crippen molar-refractivity contribution in [1.82, 2.24) is 0 Å². The second kappa shape index (κ2) is 31.8. The van der Waals surface area contributed by atoms with Crippen LogP contribution in [-0.4, -0.2) is 117 Å². The Morgan fingerprint density at radius 2 is 0.967 bits per heavy atom. The van der Waals surface area contributed by atoms with Crippen LogP contribution in [0.5, 0.6) is 23.0 Å². The summed E-state index contributed by atoms with van der Waals surface area (Å²) in [5, 5.41) is 78.6. The standard InChI is InChI=1S/C21H28O6.C15H16O2.C4H6O4.CH2O3.CO2.2K/c1-21(2,15-3-7-19(8-4-15)26-13-17(24)11-22)16-5-9-20(10-6-16)27-14-18(25)12-23;1-15(2,11-3-7-13(16)8-4-11)12-5-9-14(17)10-6-12;5-1-3-2-7-4(6)8-3;2-1(3)4;2-1-3;;/h3-10,17-18,22-25H,11-14H2,1-2H3;3-10,16-17H,1-2H3;3,5H,1-2H2;(H2,2,3,4);;;/q;;;;;2*+1/p-1. The Hall–Kier alpha value is -2.93. The van der Waals surface area contributed by atoms with Gasteiger partial charge in [-0.05, 0) is 70.8 Å². The van der Waals surface area contributed by atoms with Gasteiger partial charge in [0, 0.05) is 10.8 Å². The number of carbonyl (C=O) groups excluding carboxylic acids is 3. The van der Waals surface area contributed by atoms with E-state index < -0.39 is 30.6 Å². The fourth-order valence-corrected chi connectivity index (χ4v) is 4.97. The Morgan fingerprint density at radius 1 is 0.689 bits per heavy atom. The zero-order valence-corrected chi connectivity index (χ0v) is 41.2. The minimum absolute atomic E-state index is 0. The molecule has 0 bridgehead atoms. The number of ether oxygens (including phenoxy) is 4. The van der Waals surface area contributed by atoms with Crippen molar-refractivity contribution < 1.29 is 187 Å². The van der Waals surface area contributed by atoms with E-state index in [9.17, 15) is 25.2 Å². The third-order valence-corrected chi connectivity index (χ3v) is 8.49. The second-order valence-electron chi connectivity index (χ2n) is 13.5. The van der Waals surface area contributed by atoms with Crippen LogP contribution in [0.1, 0.15) is 49.9 Å². The molecule has 0 saturated carbocycles. The van der Waals surface area contributed by atoms with Gasteiger partial charge in [-0.15, -0.1) is 0 Å². The molecule has 61 heavy (non-hydrogen) atoms. The van der Waals surface area contributed by atoms with Crippen LogP contribution in [0.3, 0.4) is 0 Å². The van der Waals surface area contributed by atoms with Gasteiger partial charge in [0.15, 0.2) is 6.10 Å². The maximum Gasteiger partial charge on any atom is 1.00 e. The van der Waals surface area contributed by atoms with E-state index in [1.54, 1.807) is 24.3 Å². The summed E-state index contributed by atoms with van der Waals surface area (Å²) in [6.45, 7) is 7.91. The van der Waals surface area contributed by atoms with Gasteiger partial charge in [-0.25, -0.2) is 4.79 Å². The van der Waals surface area contributed by atoms with Gasteiger partial charge < -0.3 is 69.7 Å². The average molecular weight is 906 g/mol. The van der Waals surface area contributed by atoms with E-state index in [0.717, 1.165) is 22.3 Å². The third kappa shape index (κ3) is 23.4. The van der Waals surface area contributed by atoms with Crippen LogP contribution in [0.4, 0.5) is 9.59 Å². The molecule has 0 radical (unpaired) electrons. The molecular formula is C42H51K2O17+. The van der Waals surface area contributed by atoms with Gasteiger partial charge in [-0.2, -0.15) is 9.59 Å². The number of cyclic esters (lactones) is 2. The monoisotopic (exact) mass is 905 g/mol. The quantitative estimate of drug-likeness (QED) is 0.0482. The predicted octanol–water partition coefficient (Wildman–Crippen LogP) is -3.27. The topological polar surface area (TPSA) is 290 Å². The largest absolute Gasteiger partial charge is 1.00 e. The maximum atomic E-state index is 10.1. The van der Waals surface area contributed by atoms with Crippen LogP contribution >= 0.6 is 0 Å². The van der Waals surface area contributed by atoms with Crippen LogP contribution in [0, 0.1) is 0 Å². The molecular weight excluding hydrogens is 855 g/mol. The van der Waals surface area contributed by atoms with Gasteiger partial charge in [0.05, 0.1) is 19.8 Å². The number of rotatable bonds is 13. The van der Waals surface area contributed by atoms with Crippen LogP contribution in [-0.2, 0) is 29.9 Å². The second-order valence-corrected chi connectivity index (χ2v) is 13.5. The molecule has 0 spiro atoms. The molecule has 1 fully saturated rings. The molecule has 8 N–H and O–H groups in total. The summed E-state index contributed by atoms with van der Waals surface area (Å²) in [6.07, 6.45) is -4.74. The number of carboxylic acid groups (broad SMARTS) is 2. The van der Waals surface area contributed by atoms with E-state index in [2.05, 4.69) is 37.2 Å². The summed E-state index contributed by atoms with van der Waals surface area (Å²) < 4.78 is 19.6. The Balaban J connectivity index is 0. The van der Waals surface area contributed by atoms with E-state index in [1.807, 2.05) is 72.8 Å². The molecule has 17 nitrogen and oxygen atoms in total. The normalized spacial score (nSPS) is 13.4. The van der Waals surface area contributed by atoms with Crippen molar-refractivity contribution in [2.75, 3.05) is 39.6 Å². The molecule has 1 aliphatic heterocycles. The summed E-state index contributed by atoms with van der Waals surface area (Å²) in [4.78, 5) is 34.8. The molecule has 5 rings (SSSR count). The molecule has 0 aromatic heterocycles. The Labute approximate surface area is 438 Å². The van der Waals surface area contributed by atoms with Crippen molar-refractivity contribution in [2.45, 2.75) is 56.8 Å². The van der Waals surface area contributed by atoms with E-state index in [1.165, 1.54) is 0 Å². The molecule has 1 saturated heterocycles. The van der Waals surface area contributed by atoms with E-state index >= 15 is 0 Å². The number of benzene rings is 4. The Morgan fingerprint density at radius 3 is 1.18 bits per heavy atom. The zero-order chi connectivity index (χ0) is 44.6. The molecule has 3 atom stereocenters. The van der Waals surface area contributed by atoms with Crippen LogP contribution in [0.25, 0.3) is 0 Å². The summed E-state index contributed by atoms with van der Waals surface area (Å²) in [6, 6.07) is 29.7. The first-order valence-corrected chi connectivity index (χ1v) is 17.8. The molecule has 19 heteroatoms. The summed E-state index contributed by atoms with van der Waals surface area (Å²) in [5.74, 6) is 1.81. The van der Waals surface area contributed by atoms with Crippen LogP contribution in [0.2, 0.25) is 0 Å². The molecule has 1 aliphatic rings. The molecule has 3 unspecified atom stereocenters. The number of hydrogen-bond donors (Lipinski definition) is 8. The number of phenolic OH excluding ortho intramolecular Hbond substituents is 2. The minimum Gasteiger partial charge on any atom is -0.565 e. The SMILES string of the molecule is CC(C)(c1ccc(O)cc1)c1ccc(O)cc1.CC(C)(c1ccc(OCC(O)CO)cc1)c1ccc(OCC(O)CO)cc1.O=C([O-])O.O=C1OCC(CO)O1.O=C=O.[K+].[K+]. The van der Waals surface area contributed by atoms with Crippen molar-refractivity contribution in [3.05, 3.63) is 119 Å². The number of hydrogen-bond acceptors (Lipinski definition) is 16. The number of phenols is 2. The first-order valence-electron chi connectivity index (χ1n) is 17.8. The fraction of sp³-hybridized carbons (Fsp3) is 0.357. The van der Waals surface area contributed by atoms with Crippen molar-refractivity contribution >= 4 is 18.5 Å². The predicted molar refractivity (Wildman–Crippen MR) is 207 cm³/mol. The number of aromatic hydroxyl groups is 2. The Kier molecular flexibility index (Phi) is 31.4. The number of carbonyl (C=O) groups is 2. The van der Waals surface area contributed by atoms with Gasteiger partial charge in [0.25, 0.3) is 0 Å². The third-order valence-electron chi connectivity index (χ3n) is 8.49. The first kappa shape index (κ1) is 60.2. The van der Waals surface area contributed by atoms with Crippen molar-refractivity contribution in [3.63, 3.8) is 0 Å². The van der Waals surface area contributed by atoms with Crippen molar-refractivity contribution in [1.29, 1.82) is 0 Å². The van der Waals surface area contributed by atoms with E-state index in [-0.39, 0.29) is 171 Å². The van der Waals surface area contributed by atoms with Crippen molar-refractivity contribution in [2.24, 2.45) is 0 Å². The van der Waals surface area contributed by atoms with Gasteiger partial charge in [0.1, 0.15) is 55.0 Å². The average Bonchev–Trinajstić information content (AvgIpc) is 3.65. The fourth-order valence-electron chi connectivity index (χ4n) is 4.97. The zero-order valence-electron chi connectivity index (χ0n) is 35.0. The summed E-state index contributed by atoms with van der Waals surface area (Å²) >= 11 is 0. The summed E-state index contributed by atoms with van der Waals surface area (Å²) in [5.41, 5.74) is 4.05. The molecule has 0 aliphatic carbocycles. The van der Waals surface area contributed by atoms with Crippen LogP contribution in [0.15, 0.2) is 97.1 Å².